The average Bonchev–Trinajstić information content (AvgIpc) is 2.45. The maximum atomic E-state index is 13.0. The molecule has 1 aliphatic rings. The first kappa shape index (κ1) is 15.0. The molecule has 1 aromatic carbocycles. The Hall–Kier alpha value is -1.43. The molecule has 0 aromatic heterocycles. The van der Waals surface area contributed by atoms with Gasteiger partial charge >= 0.3 is 6.18 Å². The average molecular weight is 289 g/mol. The van der Waals surface area contributed by atoms with Crippen LogP contribution in [0.5, 0.6) is 11.5 Å². The highest BCUT2D eigenvalue weighted by Gasteiger charge is 2.36. The standard InChI is InChI=1S/C14H18F3NO2/c1-19-12-7-11(14(15,16)17)13(20-2)6-10(12)9-4-3-5-18-8-9/h6-7,9,18H,3-5,8H2,1-2H3. The van der Waals surface area contributed by atoms with E-state index in [1.54, 1.807) is 0 Å². The Morgan fingerprint density at radius 2 is 1.85 bits per heavy atom. The van der Waals surface area contributed by atoms with Gasteiger partial charge in [-0.15, -0.1) is 0 Å². The lowest BCUT2D eigenvalue weighted by Crippen LogP contribution is -2.28. The summed E-state index contributed by atoms with van der Waals surface area (Å²) in [5, 5.41) is 3.25. The first-order chi connectivity index (χ1) is 9.47. The molecule has 1 N–H and O–H groups in total. The Kier molecular flexibility index (Phi) is 4.42. The van der Waals surface area contributed by atoms with Gasteiger partial charge in [0.2, 0.25) is 0 Å². The van der Waals surface area contributed by atoms with Gasteiger partial charge in [0.15, 0.2) is 0 Å². The first-order valence-electron chi connectivity index (χ1n) is 6.51. The highest BCUT2D eigenvalue weighted by atomic mass is 19.4. The second-order valence-electron chi connectivity index (χ2n) is 4.84. The Bertz CT molecular complexity index is 468. The molecule has 6 heteroatoms. The van der Waals surface area contributed by atoms with Crippen LogP contribution < -0.4 is 14.8 Å². The SMILES string of the molecule is COc1cc(C(F)(F)F)c(OC)cc1C1CCCNC1. The molecule has 0 aliphatic carbocycles. The van der Waals surface area contributed by atoms with Crippen molar-refractivity contribution >= 4 is 0 Å². The molecule has 1 saturated heterocycles. The number of halogens is 3. The molecule has 0 radical (unpaired) electrons. The first-order valence-corrected chi connectivity index (χ1v) is 6.51. The molecule has 1 unspecified atom stereocenters. The highest BCUT2D eigenvalue weighted by molar-refractivity contribution is 5.49. The number of piperidine rings is 1. The van der Waals surface area contributed by atoms with Crippen LogP contribution in [0.25, 0.3) is 0 Å². The quantitative estimate of drug-likeness (QED) is 0.927. The predicted molar refractivity (Wildman–Crippen MR) is 69.4 cm³/mol. The van der Waals surface area contributed by atoms with E-state index in [0.717, 1.165) is 37.6 Å². The lowest BCUT2D eigenvalue weighted by Gasteiger charge is -2.26. The zero-order valence-corrected chi connectivity index (χ0v) is 11.5. The van der Waals surface area contributed by atoms with Crippen molar-refractivity contribution in [1.82, 2.24) is 5.32 Å². The highest BCUT2D eigenvalue weighted by Crippen LogP contribution is 2.42. The van der Waals surface area contributed by atoms with E-state index < -0.39 is 11.7 Å². The van der Waals surface area contributed by atoms with E-state index in [9.17, 15) is 13.2 Å². The second-order valence-corrected chi connectivity index (χ2v) is 4.84. The van der Waals surface area contributed by atoms with Gasteiger partial charge in [0, 0.05) is 18.0 Å². The summed E-state index contributed by atoms with van der Waals surface area (Å²) in [5.74, 6) is 0.264. The van der Waals surface area contributed by atoms with E-state index in [0.29, 0.717) is 0 Å². The summed E-state index contributed by atoms with van der Waals surface area (Å²) in [7, 11) is 2.64. The van der Waals surface area contributed by atoms with Gasteiger partial charge in [-0.2, -0.15) is 13.2 Å². The van der Waals surface area contributed by atoms with Crippen molar-refractivity contribution in [3.8, 4) is 11.5 Å². The van der Waals surface area contributed by atoms with Gasteiger partial charge in [-0.05, 0) is 31.5 Å². The third-order valence-electron chi connectivity index (χ3n) is 3.59. The van der Waals surface area contributed by atoms with Crippen molar-refractivity contribution in [2.24, 2.45) is 0 Å². The molecule has 0 bridgehead atoms. The molecule has 1 aliphatic heterocycles. The fraction of sp³-hybridized carbons (Fsp3) is 0.571. The summed E-state index contributed by atoms with van der Waals surface area (Å²) in [4.78, 5) is 0. The molecule has 1 atom stereocenters. The van der Waals surface area contributed by atoms with E-state index >= 15 is 0 Å². The monoisotopic (exact) mass is 289 g/mol. The van der Waals surface area contributed by atoms with Crippen LogP contribution in [0.4, 0.5) is 13.2 Å². The molecule has 0 amide bonds. The zero-order valence-electron chi connectivity index (χ0n) is 11.5. The minimum atomic E-state index is -4.46. The van der Waals surface area contributed by atoms with E-state index in [1.807, 2.05) is 0 Å². The van der Waals surface area contributed by atoms with Gasteiger partial charge < -0.3 is 14.8 Å². The van der Waals surface area contributed by atoms with E-state index in [-0.39, 0.29) is 17.4 Å². The molecule has 2 rings (SSSR count). The van der Waals surface area contributed by atoms with Gasteiger partial charge in [-0.3, -0.25) is 0 Å². The van der Waals surface area contributed by atoms with Crippen LogP contribution >= 0.6 is 0 Å². The number of hydrogen-bond acceptors (Lipinski definition) is 3. The zero-order chi connectivity index (χ0) is 14.8. The molecular formula is C14H18F3NO2. The van der Waals surface area contributed by atoms with Gasteiger partial charge in [-0.25, -0.2) is 0 Å². The Balaban J connectivity index is 2.46. The van der Waals surface area contributed by atoms with Crippen LogP contribution in [-0.4, -0.2) is 27.3 Å². The normalized spacial score (nSPS) is 19.8. The van der Waals surface area contributed by atoms with Crippen molar-refractivity contribution in [3.63, 3.8) is 0 Å². The maximum absolute atomic E-state index is 13.0. The van der Waals surface area contributed by atoms with Crippen molar-refractivity contribution < 1.29 is 22.6 Å². The summed E-state index contributed by atoms with van der Waals surface area (Å²) >= 11 is 0. The molecular weight excluding hydrogens is 271 g/mol. The van der Waals surface area contributed by atoms with Crippen molar-refractivity contribution in [2.75, 3.05) is 27.3 Å². The van der Waals surface area contributed by atoms with Crippen LogP contribution in [0.2, 0.25) is 0 Å². The summed E-state index contributed by atoms with van der Waals surface area (Å²) < 4.78 is 49.0. The predicted octanol–water partition coefficient (Wildman–Crippen LogP) is 3.19. The smallest absolute Gasteiger partial charge is 0.420 e. The van der Waals surface area contributed by atoms with E-state index in [2.05, 4.69) is 5.32 Å². The minimum absolute atomic E-state index is 0.148. The molecule has 1 aromatic rings. The largest absolute Gasteiger partial charge is 0.496 e. The summed E-state index contributed by atoms with van der Waals surface area (Å²) in [5.41, 5.74) is -0.0334. The number of benzene rings is 1. The van der Waals surface area contributed by atoms with Crippen molar-refractivity contribution in [2.45, 2.75) is 24.9 Å². The summed E-state index contributed by atoms with van der Waals surface area (Å²) in [6.45, 7) is 1.68. The fourth-order valence-electron chi connectivity index (χ4n) is 2.58. The molecule has 0 spiro atoms. The van der Waals surface area contributed by atoms with Crippen LogP contribution in [0.15, 0.2) is 12.1 Å². The molecule has 1 heterocycles. The molecule has 112 valence electrons. The maximum Gasteiger partial charge on any atom is 0.420 e. The third kappa shape index (κ3) is 3.00. The lowest BCUT2D eigenvalue weighted by molar-refractivity contribution is -0.138. The minimum Gasteiger partial charge on any atom is -0.496 e. The topological polar surface area (TPSA) is 30.5 Å². The number of hydrogen-bond donors (Lipinski definition) is 1. The number of ether oxygens (including phenoxy) is 2. The Morgan fingerprint density at radius 3 is 2.35 bits per heavy atom. The summed E-state index contributed by atoms with van der Waals surface area (Å²) in [6.07, 6.45) is -2.53. The van der Waals surface area contributed by atoms with Gasteiger partial charge in [0.05, 0.1) is 14.2 Å². The Labute approximate surface area is 116 Å². The van der Waals surface area contributed by atoms with Crippen molar-refractivity contribution in [1.29, 1.82) is 0 Å². The number of methoxy groups -OCH3 is 2. The van der Waals surface area contributed by atoms with Gasteiger partial charge in [0.25, 0.3) is 0 Å². The van der Waals surface area contributed by atoms with Gasteiger partial charge in [-0.1, -0.05) is 0 Å². The van der Waals surface area contributed by atoms with Crippen LogP contribution in [0, 0.1) is 0 Å². The van der Waals surface area contributed by atoms with Crippen molar-refractivity contribution in [3.05, 3.63) is 23.3 Å². The number of rotatable bonds is 3. The molecule has 3 nitrogen and oxygen atoms in total. The Morgan fingerprint density at radius 1 is 1.15 bits per heavy atom. The molecule has 20 heavy (non-hydrogen) atoms. The molecule has 0 saturated carbocycles. The van der Waals surface area contributed by atoms with E-state index in [1.165, 1.54) is 20.3 Å². The molecule has 1 fully saturated rings. The van der Waals surface area contributed by atoms with Gasteiger partial charge in [0.1, 0.15) is 17.1 Å². The summed E-state index contributed by atoms with van der Waals surface area (Å²) in [6, 6.07) is 2.49. The lowest BCUT2D eigenvalue weighted by atomic mass is 9.90. The third-order valence-corrected chi connectivity index (χ3v) is 3.59. The second kappa shape index (κ2) is 5.91. The van der Waals surface area contributed by atoms with Crippen LogP contribution in [0.3, 0.4) is 0 Å². The van der Waals surface area contributed by atoms with E-state index in [4.69, 9.17) is 9.47 Å². The van der Waals surface area contributed by atoms with Crippen LogP contribution in [0.1, 0.15) is 29.9 Å². The number of nitrogens with one attached hydrogen (secondary N) is 1. The van der Waals surface area contributed by atoms with Crippen LogP contribution in [-0.2, 0) is 6.18 Å². The fourth-order valence-corrected chi connectivity index (χ4v) is 2.58. The number of alkyl halides is 3.